The van der Waals surface area contributed by atoms with Crippen molar-refractivity contribution in [1.82, 2.24) is 5.32 Å². The third-order valence-electron chi connectivity index (χ3n) is 3.18. The Morgan fingerprint density at radius 2 is 2.04 bits per heavy atom. The summed E-state index contributed by atoms with van der Waals surface area (Å²) < 4.78 is 5.59. The third kappa shape index (κ3) is 4.49. The maximum atomic E-state index is 11.9. The molecular weight excluding hydrogens is 344 g/mol. The number of nitrogens with zero attached hydrogens (tertiary/aromatic N) is 1. The van der Waals surface area contributed by atoms with Crippen molar-refractivity contribution in [2.45, 2.75) is 19.9 Å². The standard InChI is InChI=1S/C18H15ClN2O4/c1-10(2)21-17(22)12(9-20)7-13-4-6-16(25-13)14-8-11(18(23)24)3-5-15(14)19/h3-8,10H,1-2H3,(H,21,22)(H,23,24)/b12-7-. The van der Waals surface area contributed by atoms with Crippen LogP contribution in [0.5, 0.6) is 0 Å². The van der Waals surface area contributed by atoms with Crippen LogP contribution >= 0.6 is 11.6 Å². The lowest BCUT2D eigenvalue weighted by Crippen LogP contribution is -2.30. The highest BCUT2D eigenvalue weighted by Gasteiger charge is 2.14. The van der Waals surface area contributed by atoms with Gasteiger partial charge in [-0.3, -0.25) is 4.79 Å². The lowest BCUT2D eigenvalue weighted by molar-refractivity contribution is -0.117. The van der Waals surface area contributed by atoms with Gasteiger partial charge in [-0.05, 0) is 44.2 Å². The summed E-state index contributed by atoms with van der Waals surface area (Å²) >= 11 is 6.10. The number of rotatable bonds is 5. The molecule has 2 aromatic rings. The van der Waals surface area contributed by atoms with E-state index in [9.17, 15) is 9.59 Å². The normalized spacial score (nSPS) is 11.2. The van der Waals surface area contributed by atoms with E-state index in [2.05, 4.69) is 5.32 Å². The van der Waals surface area contributed by atoms with Crippen LogP contribution in [-0.2, 0) is 4.79 Å². The van der Waals surface area contributed by atoms with E-state index in [1.165, 1.54) is 24.3 Å². The zero-order valence-corrected chi connectivity index (χ0v) is 14.3. The molecule has 25 heavy (non-hydrogen) atoms. The first kappa shape index (κ1) is 18.3. The van der Waals surface area contributed by atoms with Crippen molar-refractivity contribution in [3.8, 4) is 17.4 Å². The fourth-order valence-corrected chi connectivity index (χ4v) is 2.26. The van der Waals surface area contributed by atoms with Crippen molar-refractivity contribution in [2.24, 2.45) is 0 Å². The summed E-state index contributed by atoms with van der Waals surface area (Å²) in [6.45, 7) is 3.57. The summed E-state index contributed by atoms with van der Waals surface area (Å²) in [5.41, 5.74) is 0.383. The molecule has 0 saturated carbocycles. The van der Waals surface area contributed by atoms with Gasteiger partial charge in [-0.15, -0.1) is 0 Å². The lowest BCUT2D eigenvalue weighted by atomic mass is 10.1. The van der Waals surface area contributed by atoms with Crippen molar-refractivity contribution < 1.29 is 19.1 Å². The number of carboxylic acid groups (broad SMARTS) is 1. The number of hydrogen-bond acceptors (Lipinski definition) is 4. The first-order chi connectivity index (χ1) is 11.8. The van der Waals surface area contributed by atoms with Gasteiger partial charge in [-0.1, -0.05) is 11.6 Å². The minimum Gasteiger partial charge on any atom is -0.478 e. The molecule has 0 radical (unpaired) electrons. The predicted molar refractivity (Wildman–Crippen MR) is 93.0 cm³/mol. The van der Waals surface area contributed by atoms with Crippen molar-refractivity contribution in [1.29, 1.82) is 5.26 Å². The van der Waals surface area contributed by atoms with E-state index in [1.54, 1.807) is 26.0 Å². The molecule has 0 aliphatic rings. The molecule has 1 amide bonds. The number of benzene rings is 1. The lowest BCUT2D eigenvalue weighted by Gasteiger charge is -2.06. The number of aromatic carboxylic acids is 1. The topological polar surface area (TPSA) is 103 Å². The molecule has 1 aromatic heterocycles. The van der Waals surface area contributed by atoms with Crippen molar-refractivity contribution in [3.05, 3.63) is 52.3 Å². The Hall–Kier alpha value is -3.04. The van der Waals surface area contributed by atoms with Crippen LogP contribution in [0, 0.1) is 11.3 Å². The summed E-state index contributed by atoms with van der Waals surface area (Å²) in [5, 5.41) is 21.2. The Balaban J connectivity index is 2.36. The molecule has 6 nitrogen and oxygen atoms in total. The van der Waals surface area contributed by atoms with E-state index >= 15 is 0 Å². The van der Waals surface area contributed by atoms with E-state index in [1.807, 2.05) is 6.07 Å². The van der Waals surface area contributed by atoms with Crippen LogP contribution in [0.1, 0.15) is 30.0 Å². The maximum Gasteiger partial charge on any atom is 0.335 e. The molecule has 128 valence electrons. The van der Waals surface area contributed by atoms with Crippen LogP contribution < -0.4 is 5.32 Å². The second-order valence-corrected chi connectivity index (χ2v) is 5.91. The second-order valence-electron chi connectivity index (χ2n) is 5.50. The maximum absolute atomic E-state index is 11.9. The Kier molecular flexibility index (Phi) is 5.63. The van der Waals surface area contributed by atoms with Gasteiger partial charge < -0.3 is 14.8 Å². The molecule has 1 aromatic carbocycles. The molecule has 2 rings (SSSR count). The van der Waals surface area contributed by atoms with Crippen molar-refractivity contribution >= 4 is 29.6 Å². The monoisotopic (exact) mass is 358 g/mol. The summed E-state index contributed by atoms with van der Waals surface area (Å²) in [4.78, 5) is 23.0. The summed E-state index contributed by atoms with van der Waals surface area (Å²) in [6, 6.07) is 9.14. The van der Waals surface area contributed by atoms with Crippen molar-refractivity contribution in [3.63, 3.8) is 0 Å². The molecule has 1 heterocycles. The average molecular weight is 359 g/mol. The molecule has 0 atom stereocenters. The van der Waals surface area contributed by atoms with Gasteiger partial charge in [0.1, 0.15) is 23.2 Å². The summed E-state index contributed by atoms with van der Waals surface area (Å²) in [7, 11) is 0. The van der Waals surface area contributed by atoms with Gasteiger partial charge in [0, 0.05) is 17.7 Å². The van der Waals surface area contributed by atoms with Crippen molar-refractivity contribution in [2.75, 3.05) is 0 Å². The zero-order chi connectivity index (χ0) is 18.6. The van der Waals surface area contributed by atoms with Crippen LogP contribution in [0.25, 0.3) is 17.4 Å². The highest BCUT2D eigenvalue weighted by Crippen LogP contribution is 2.31. The van der Waals surface area contributed by atoms with Crippen LogP contribution in [0.15, 0.2) is 40.3 Å². The fraction of sp³-hybridized carbons (Fsp3) is 0.167. The smallest absolute Gasteiger partial charge is 0.335 e. The zero-order valence-electron chi connectivity index (χ0n) is 13.5. The van der Waals surface area contributed by atoms with Gasteiger partial charge in [0.2, 0.25) is 0 Å². The number of nitrogens with one attached hydrogen (secondary N) is 1. The van der Waals surface area contributed by atoms with Crippen LogP contribution in [0.2, 0.25) is 5.02 Å². The summed E-state index contributed by atoms with van der Waals surface area (Å²) in [5.74, 6) is -0.966. The molecular formula is C18H15ClN2O4. The first-order valence-corrected chi connectivity index (χ1v) is 7.75. The molecule has 0 saturated heterocycles. The third-order valence-corrected chi connectivity index (χ3v) is 3.51. The number of amides is 1. The van der Waals surface area contributed by atoms with E-state index in [0.29, 0.717) is 16.3 Å². The minimum atomic E-state index is -1.08. The van der Waals surface area contributed by atoms with Gasteiger partial charge in [-0.25, -0.2) is 4.79 Å². The van der Waals surface area contributed by atoms with Gasteiger partial charge in [0.15, 0.2) is 0 Å². The van der Waals surface area contributed by atoms with Gasteiger partial charge in [0.25, 0.3) is 5.91 Å². The number of hydrogen-bond donors (Lipinski definition) is 2. The number of nitriles is 1. The Bertz CT molecular complexity index is 891. The van der Waals surface area contributed by atoms with Crippen LogP contribution in [0.4, 0.5) is 0 Å². The number of carbonyl (C=O) groups is 2. The molecule has 0 spiro atoms. The highest BCUT2D eigenvalue weighted by molar-refractivity contribution is 6.33. The molecule has 0 aliphatic carbocycles. The fourth-order valence-electron chi connectivity index (χ4n) is 2.05. The molecule has 2 N–H and O–H groups in total. The van der Waals surface area contributed by atoms with E-state index in [4.69, 9.17) is 26.4 Å². The molecule has 0 fully saturated rings. The number of furan rings is 1. The van der Waals surface area contributed by atoms with E-state index in [-0.39, 0.29) is 22.9 Å². The van der Waals surface area contributed by atoms with E-state index in [0.717, 1.165) is 0 Å². The number of carbonyl (C=O) groups excluding carboxylic acids is 1. The molecule has 0 unspecified atom stereocenters. The van der Waals surface area contributed by atoms with Crippen LogP contribution in [0.3, 0.4) is 0 Å². The molecule has 0 bridgehead atoms. The highest BCUT2D eigenvalue weighted by atomic mass is 35.5. The first-order valence-electron chi connectivity index (χ1n) is 7.37. The molecule has 7 heteroatoms. The molecule has 0 aliphatic heterocycles. The number of carboxylic acids is 1. The quantitative estimate of drug-likeness (QED) is 0.626. The Morgan fingerprint density at radius 3 is 2.64 bits per heavy atom. The largest absolute Gasteiger partial charge is 0.478 e. The summed E-state index contributed by atoms with van der Waals surface area (Å²) in [6.07, 6.45) is 1.32. The second kappa shape index (κ2) is 7.69. The Morgan fingerprint density at radius 1 is 1.32 bits per heavy atom. The Labute approximate surface area is 149 Å². The number of halogens is 1. The van der Waals surface area contributed by atoms with Gasteiger partial charge in [-0.2, -0.15) is 5.26 Å². The van der Waals surface area contributed by atoms with Crippen LogP contribution in [-0.4, -0.2) is 23.0 Å². The van der Waals surface area contributed by atoms with Gasteiger partial charge >= 0.3 is 5.97 Å². The average Bonchev–Trinajstić information content (AvgIpc) is 3.00. The van der Waals surface area contributed by atoms with E-state index < -0.39 is 11.9 Å². The minimum absolute atomic E-state index is 0.0712. The predicted octanol–water partition coefficient (Wildman–Crippen LogP) is 3.73. The SMILES string of the molecule is CC(C)NC(=O)/C(C#N)=C\c1ccc(-c2cc(C(=O)O)ccc2Cl)o1. The van der Waals surface area contributed by atoms with Gasteiger partial charge in [0.05, 0.1) is 10.6 Å².